The highest BCUT2D eigenvalue weighted by Gasteiger charge is 2.73. The minimum absolute atomic E-state index is 0.352. The molecule has 1 fully saturated rings. The van der Waals surface area contributed by atoms with Crippen LogP contribution in [0.15, 0.2) is 0 Å². The van der Waals surface area contributed by atoms with Crippen molar-refractivity contribution in [1.82, 2.24) is 0 Å². The van der Waals surface area contributed by atoms with Crippen molar-refractivity contribution in [3.8, 4) is 0 Å². The van der Waals surface area contributed by atoms with Crippen molar-refractivity contribution in [3.05, 3.63) is 0 Å². The first-order chi connectivity index (χ1) is 8.15. The van der Waals surface area contributed by atoms with E-state index in [1.165, 1.54) is 4.79 Å². The summed E-state index contributed by atoms with van der Waals surface area (Å²) < 4.78 is 0. The highest BCUT2D eigenvalue weighted by Crippen LogP contribution is 2.52. The maximum absolute atomic E-state index is 3.05. The minimum Gasteiger partial charge on any atom is -0.0770 e. The second kappa shape index (κ2) is 5.62. The largest absolute Gasteiger partial charge is 0.0770 e. The number of hydrogen-bond donors (Lipinski definition) is 0. The van der Waals surface area contributed by atoms with Crippen molar-refractivity contribution in [3.63, 3.8) is 0 Å². The van der Waals surface area contributed by atoms with E-state index >= 15 is 0 Å². The van der Waals surface area contributed by atoms with Crippen LogP contribution in [0.4, 0.5) is 0 Å². The van der Waals surface area contributed by atoms with Gasteiger partial charge >= 0.3 is 0 Å². The standard InChI is InChI=1S/C9H36Si9/c1-12-16(5)9(11)15(4,8-10)17(6,13-2)18(16,7)14-3/h9H,8,12-14H2,1-7,10-11H3. The van der Waals surface area contributed by atoms with Crippen molar-refractivity contribution >= 4 is 75.5 Å². The highest BCUT2D eigenvalue weighted by atomic mass is 30.2. The third-order valence-corrected chi connectivity index (χ3v) is 186. The Morgan fingerprint density at radius 2 is 1.33 bits per heavy atom. The highest BCUT2D eigenvalue weighted by molar-refractivity contribution is 8.11. The molecular formula is C9H36Si9. The van der Waals surface area contributed by atoms with Crippen molar-refractivity contribution in [2.24, 2.45) is 0 Å². The molecule has 0 radical (unpaired) electrons. The zero-order valence-electron chi connectivity index (χ0n) is 14.4. The molecule has 108 valence electrons. The van der Waals surface area contributed by atoms with Crippen molar-refractivity contribution in [1.29, 1.82) is 0 Å². The van der Waals surface area contributed by atoms with Gasteiger partial charge < -0.3 is 0 Å². The van der Waals surface area contributed by atoms with E-state index in [9.17, 15) is 0 Å². The average molecular weight is 397 g/mol. The maximum atomic E-state index is 3.05. The monoisotopic (exact) mass is 396 g/mol. The number of hydrogen-bond acceptors (Lipinski definition) is 0. The van der Waals surface area contributed by atoms with Crippen molar-refractivity contribution in [2.45, 2.75) is 56.3 Å². The Morgan fingerprint density at radius 3 is 1.61 bits per heavy atom. The van der Waals surface area contributed by atoms with Gasteiger partial charge in [-0.25, -0.2) is 0 Å². The van der Waals surface area contributed by atoms with E-state index in [0.717, 1.165) is 0 Å². The lowest BCUT2D eigenvalue weighted by Crippen LogP contribution is -2.80. The van der Waals surface area contributed by atoms with Gasteiger partial charge in [-0.2, -0.15) is 0 Å². The lowest BCUT2D eigenvalue weighted by atomic mass is 11.7. The summed E-state index contributed by atoms with van der Waals surface area (Å²) in [5.74, 6) is 0. The summed E-state index contributed by atoms with van der Waals surface area (Å²) in [6.07, 6.45) is 0. The Balaban J connectivity index is 3.56. The number of rotatable bonds is 4. The van der Waals surface area contributed by atoms with Crippen LogP contribution in [-0.2, 0) is 0 Å². The van der Waals surface area contributed by atoms with Crippen LogP contribution in [0.25, 0.3) is 0 Å². The fourth-order valence-electron chi connectivity index (χ4n) is 5.90. The van der Waals surface area contributed by atoms with Gasteiger partial charge in [0.05, 0.1) is 0 Å². The molecule has 0 amide bonds. The molecular weight excluding hydrogens is 361 g/mol. The fourth-order valence-corrected chi connectivity index (χ4v) is 300. The van der Waals surface area contributed by atoms with Gasteiger partial charge in [0.1, 0.15) is 0 Å². The quantitative estimate of drug-likeness (QED) is 0.494. The SMILES string of the molecule is C[SiH2][Si]1(C)C([SiH3])[Si](C)(C[SiH3])[Si](C)([SiH2]C)[Si]1(C)[SiH2]C. The van der Waals surface area contributed by atoms with Gasteiger partial charge in [-0.05, 0) is 20.5 Å². The van der Waals surface area contributed by atoms with Gasteiger partial charge in [-0.15, -0.1) is 0 Å². The van der Waals surface area contributed by atoms with Crippen LogP contribution < -0.4 is 0 Å². The molecule has 18 heavy (non-hydrogen) atoms. The van der Waals surface area contributed by atoms with Gasteiger partial charge in [0.2, 0.25) is 0 Å². The van der Waals surface area contributed by atoms with E-state index in [2.05, 4.69) is 45.8 Å². The maximum Gasteiger partial charge on any atom is 0.0317 e. The summed E-state index contributed by atoms with van der Waals surface area (Å²) in [4.78, 5) is 1.51. The predicted octanol–water partition coefficient (Wildman–Crippen LogP) is -1.75. The third kappa shape index (κ3) is 1.84. The normalized spacial score (nSPS) is 55.2. The van der Waals surface area contributed by atoms with E-state index in [0.29, 0.717) is 27.1 Å². The molecule has 5 unspecified atom stereocenters. The fraction of sp³-hybridized carbons (Fsp3) is 1.00. The molecule has 5 atom stereocenters. The zero-order valence-corrected chi connectivity index (χ0v) is 26.6. The molecule has 0 bridgehead atoms. The molecule has 1 aliphatic rings. The van der Waals surface area contributed by atoms with Crippen LogP contribution in [-0.4, -0.2) is 75.5 Å². The molecule has 1 saturated heterocycles. The van der Waals surface area contributed by atoms with Crippen LogP contribution in [0, 0.1) is 0 Å². The summed E-state index contributed by atoms with van der Waals surface area (Å²) in [6, 6.07) is 0. The molecule has 0 aromatic carbocycles. The molecule has 1 heterocycles. The van der Waals surface area contributed by atoms with Crippen LogP contribution in [0.2, 0.25) is 56.3 Å². The molecule has 0 aromatic rings. The first-order valence-electron chi connectivity index (χ1n) is 8.15. The zero-order chi connectivity index (χ0) is 14.4. The summed E-state index contributed by atoms with van der Waals surface area (Å²) in [5, 5.41) is 0. The summed E-state index contributed by atoms with van der Waals surface area (Å²) in [5.41, 5.74) is 1.83. The molecule has 9 heteroatoms. The van der Waals surface area contributed by atoms with Crippen LogP contribution in [0.1, 0.15) is 0 Å². The van der Waals surface area contributed by atoms with E-state index in [4.69, 9.17) is 0 Å². The molecule has 0 saturated carbocycles. The smallest absolute Gasteiger partial charge is 0.0317 e. The Hall–Kier alpha value is 1.95. The summed E-state index contributed by atoms with van der Waals surface area (Å²) >= 11 is 0. The molecule has 0 aromatic heterocycles. The molecule has 0 N–H and O–H groups in total. The third-order valence-electron chi connectivity index (χ3n) is 8.53. The molecule has 0 nitrogen and oxygen atoms in total. The van der Waals surface area contributed by atoms with Crippen molar-refractivity contribution in [2.75, 3.05) is 0 Å². The molecule has 0 aliphatic carbocycles. The van der Waals surface area contributed by atoms with E-state index in [-0.39, 0.29) is 0 Å². The molecule has 1 rings (SSSR count). The summed E-state index contributed by atoms with van der Waals surface area (Å²) in [6.45, 7) is 19.1. The van der Waals surface area contributed by atoms with Crippen molar-refractivity contribution < 1.29 is 0 Å². The van der Waals surface area contributed by atoms with Gasteiger partial charge in [-0.1, -0.05) is 56.3 Å². The van der Waals surface area contributed by atoms with Gasteiger partial charge in [0, 0.05) is 55.1 Å². The first-order valence-corrected chi connectivity index (χ1v) is 35.3. The molecule has 1 aliphatic heterocycles. The van der Waals surface area contributed by atoms with Crippen LogP contribution in [0.5, 0.6) is 0 Å². The lowest BCUT2D eigenvalue weighted by molar-refractivity contribution is 1.57. The Bertz CT molecular complexity index is 295. The van der Waals surface area contributed by atoms with E-state index in [1.54, 1.807) is 20.5 Å². The van der Waals surface area contributed by atoms with Gasteiger partial charge in [-0.3, -0.25) is 0 Å². The Morgan fingerprint density at radius 1 is 0.889 bits per heavy atom. The first kappa shape index (κ1) is 18.0. The van der Waals surface area contributed by atoms with E-state index in [1.807, 2.05) is 5.67 Å². The average Bonchev–Trinajstić information content (AvgIpc) is 2.50. The van der Waals surface area contributed by atoms with Gasteiger partial charge in [0.15, 0.2) is 0 Å². The van der Waals surface area contributed by atoms with Crippen LogP contribution in [0.3, 0.4) is 0 Å². The molecule has 0 spiro atoms. The Kier molecular flexibility index (Phi) is 5.63. The second-order valence-corrected chi connectivity index (χ2v) is 82.3. The van der Waals surface area contributed by atoms with Crippen LogP contribution >= 0.6 is 0 Å². The lowest BCUT2D eigenvalue weighted by Gasteiger charge is -2.49. The second-order valence-electron chi connectivity index (χ2n) is 7.64. The minimum atomic E-state index is -0.713. The Labute approximate surface area is 131 Å². The predicted molar refractivity (Wildman–Crippen MR) is 118 cm³/mol. The van der Waals surface area contributed by atoms with E-state index < -0.39 is 28.0 Å². The van der Waals surface area contributed by atoms with Gasteiger partial charge in [0.25, 0.3) is 0 Å². The summed E-state index contributed by atoms with van der Waals surface area (Å²) in [7, 11) is 2.88. The topological polar surface area (TPSA) is 0 Å².